The maximum Gasteiger partial charge on any atom is 0.240 e. The van der Waals surface area contributed by atoms with E-state index in [-0.39, 0.29) is 17.9 Å². The van der Waals surface area contributed by atoms with Crippen LogP contribution in [0.3, 0.4) is 0 Å². The number of alkyl halides is 1. The highest BCUT2D eigenvalue weighted by molar-refractivity contribution is 6.30. The summed E-state index contributed by atoms with van der Waals surface area (Å²) in [6.45, 7) is 3.28. The Morgan fingerprint density at radius 2 is 2.18 bits per heavy atom. The van der Waals surface area contributed by atoms with Gasteiger partial charge in [-0.05, 0) is 25.2 Å². The van der Waals surface area contributed by atoms with Crippen LogP contribution in [-0.2, 0) is 4.79 Å². The second-order valence-corrected chi connectivity index (χ2v) is 5.98. The van der Waals surface area contributed by atoms with Gasteiger partial charge in [-0.15, -0.1) is 11.6 Å². The predicted molar refractivity (Wildman–Crippen MR) is 68.0 cm³/mol. The van der Waals surface area contributed by atoms with Gasteiger partial charge in [0.2, 0.25) is 5.91 Å². The Kier molecular flexibility index (Phi) is 4.31. The van der Waals surface area contributed by atoms with Crippen molar-refractivity contribution < 1.29 is 9.90 Å². The van der Waals surface area contributed by atoms with Gasteiger partial charge in [0.25, 0.3) is 0 Å². The number of amides is 1. The monoisotopic (exact) mass is 259 g/mol. The Morgan fingerprint density at radius 3 is 2.76 bits per heavy atom. The van der Waals surface area contributed by atoms with E-state index in [4.69, 9.17) is 11.6 Å². The number of rotatable bonds is 4. The van der Waals surface area contributed by atoms with Gasteiger partial charge in [-0.3, -0.25) is 4.79 Å². The first-order chi connectivity index (χ1) is 8.11. The highest BCUT2D eigenvalue weighted by Crippen LogP contribution is 2.38. The van der Waals surface area contributed by atoms with Crippen LogP contribution in [0, 0.1) is 11.8 Å². The topological polar surface area (TPSA) is 40.5 Å². The number of hydrogen-bond donors (Lipinski definition) is 1. The number of aliphatic hydroxyl groups excluding tert-OH is 1. The molecule has 0 aromatic carbocycles. The number of likely N-dealkylation sites (tertiary alicyclic amines) is 1. The first-order valence-corrected chi connectivity index (χ1v) is 7.16. The van der Waals surface area contributed by atoms with Gasteiger partial charge in [-0.25, -0.2) is 0 Å². The van der Waals surface area contributed by atoms with Crippen molar-refractivity contribution in [3.63, 3.8) is 0 Å². The van der Waals surface area contributed by atoms with Crippen LogP contribution < -0.4 is 0 Å². The number of halogens is 1. The van der Waals surface area contributed by atoms with E-state index in [9.17, 15) is 9.90 Å². The minimum absolute atomic E-state index is 0.0434. The number of carbonyl (C=O) groups excluding carboxylic acids is 1. The van der Waals surface area contributed by atoms with Crippen LogP contribution in [0.4, 0.5) is 0 Å². The van der Waals surface area contributed by atoms with Gasteiger partial charge >= 0.3 is 0 Å². The van der Waals surface area contributed by atoms with Gasteiger partial charge in [0.1, 0.15) is 5.38 Å². The van der Waals surface area contributed by atoms with Gasteiger partial charge in [0.05, 0.1) is 6.10 Å². The number of carbonyl (C=O) groups is 1. The molecule has 1 amide bonds. The lowest BCUT2D eigenvalue weighted by molar-refractivity contribution is -0.134. The largest absolute Gasteiger partial charge is 0.393 e. The molecule has 2 rings (SSSR count). The average molecular weight is 260 g/mol. The molecule has 1 saturated heterocycles. The van der Waals surface area contributed by atoms with Crippen molar-refractivity contribution in [2.45, 2.75) is 50.5 Å². The minimum Gasteiger partial charge on any atom is -0.393 e. The molecule has 0 spiro atoms. The van der Waals surface area contributed by atoms with E-state index in [2.05, 4.69) is 0 Å². The molecule has 98 valence electrons. The zero-order chi connectivity index (χ0) is 12.4. The molecule has 1 saturated carbocycles. The standard InChI is InChI=1S/C13H22ClNO2/c1-2-11(14)13(17)15-6-5-12(16)10(8-15)7-9-3-4-9/h9-12,16H,2-8H2,1H3/t10-,11-,12-/m0/s1. The van der Waals surface area contributed by atoms with Crippen LogP contribution in [0.5, 0.6) is 0 Å². The zero-order valence-electron chi connectivity index (χ0n) is 10.4. The molecule has 0 unspecified atom stereocenters. The van der Waals surface area contributed by atoms with Gasteiger partial charge in [0, 0.05) is 19.0 Å². The van der Waals surface area contributed by atoms with Crippen LogP contribution >= 0.6 is 11.6 Å². The van der Waals surface area contributed by atoms with Gasteiger partial charge < -0.3 is 10.0 Å². The maximum absolute atomic E-state index is 12.0. The first kappa shape index (κ1) is 13.2. The third-order valence-corrected chi connectivity index (χ3v) is 4.46. The van der Waals surface area contributed by atoms with Gasteiger partial charge in [-0.2, -0.15) is 0 Å². The molecule has 0 aromatic rings. The second kappa shape index (κ2) is 5.57. The van der Waals surface area contributed by atoms with E-state index in [1.165, 1.54) is 12.8 Å². The molecule has 2 fully saturated rings. The Hall–Kier alpha value is -0.280. The molecule has 1 N–H and O–H groups in total. The molecule has 17 heavy (non-hydrogen) atoms. The summed E-state index contributed by atoms with van der Waals surface area (Å²) in [5.74, 6) is 1.10. The molecule has 3 atom stereocenters. The summed E-state index contributed by atoms with van der Waals surface area (Å²) in [7, 11) is 0. The number of aliphatic hydroxyl groups is 1. The van der Waals surface area contributed by atoms with E-state index in [1.807, 2.05) is 11.8 Å². The molecule has 3 nitrogen and oxygen atoms in total. The summed E-state index contributed by atoms with van der Waals surface area (Å²) in [6.07, 6.45) is 4.82. The summed E-state index contributed by atoms with van der Waals surface area (Å²) in [6, 6.07) is 0. The van der Waals surface area contributed by atoms with Crippen molar-refractivity contribution >= 4 is 17.5 Å². The Balaban J connectivity index is 1.89. The van der Waals surface area contributed by atoms with Crippen LogP contribution in [-0.4, -0.2) is 40.5 Å². The van der Waals surface area contributed by atoms with Crippen molar-refractivity contribution in [1.29, 1.82) is 0 Å². The minimum atomic E-state index is -0.396. The summed E-state index contributed by atoms with van der Waals surface area (Å²) < 4.78 is 0. The fourth-order valence-corrected chi connectivity index (χ4v) is 2.74. The van der Waals surface area contributed by atoms with Crippen molar-refractivity contribution in [2.24, 2.45) is 11.8 Å². The number of hydrogen-bond acceptors (Lipinski definition) is 2. The summed E-state index contributed by atoms with van der Waals surface area (Å²) in [5.41, 5.74) is 0. The van der Waals surface area contributed by atoms with Crippen LogP contribution in [0.2, 0.25) is 0 Å². The number of piperidine rings is 1. The van der Waals surface area contributed by atoms with Crippen molar-refractivity contribution in [1.82, 2.24) is 4.90 Å². The molecule has 1 aliphatic heterocycles. The molecule has 0 radical (unpaired) electrons. The van der Waals surface area contributed by atoms with Gasteiger partial charge in [0.15, 0.2) is 0 Å². The molecule has 0 aromatic heterocycles. The molecule has 1 aliphatic carbocycles. The summed E-state index contributed by atoms with van der Waals surface area (Å²) in [5, 5.41) is 9.57. The Morgan fingerprint density at radius 1 is 1.47 bits per heavy atom. The fraction of sp³-hybridized carbons (Fsp3) is 0.923. The average Bonchev–Trinajstić information content (AvgIpc) is 3.14. The highest BCUT2D eigenvalue weighted by atomic mass is 35.5. The smallest absolute Gasteiger partial charge is 0.240 e. The molecule has 1 heterocycles. The SMILES string of the molecule is CC[C@H](Cl)C(=O)N1CC[C@H](O)[C@@H](CC2CC2)C1. The summed E-state index contributed by atoms with van der Waals surface area (Å²) >= 11 is 6.00. The second-order valence-electron chi connectivity index (χ2n) is 5.46. The van der Waals surface area contributed by atoms with Crippen molar-refractivity contribution in [2.75, 3.05) is 13.1 Å². The molecule has 2 aliphatic rings. The van der Waals surface area contributed by atoms with Crippen LogP contribution in [0.1, 0.15) is 39.0 Å². The summed E-state index contributed by atoms with van der Waals surface area (Å²) in [4.78, 5) is 13.8. The first-order valence-electron chi connectivity index (χ1n) is 6.72. The number of nitrogens with zero attached hydrogens (tertiary/aromatic N) is 1. The normalized spacial score (nSPS) is 31.4. The predicted octanol–water partition coefficient (Wildman–Crippen LogP) is 2.01. The molecular formula is C13H22ClNO2. The zero-order valence-corrected chi connectivity index (χ0v) is 11.2. The van der Waals surface area contributed by atoms with Gasteiger partial charge in [-0.1, -0.05) is 19.8 Å². The Bertz CT molecular complexity index is 281. The van der Waals surface area contributed by atoms with E-state index >= 15 is 0 Å². The quantitative estimate of drug-likeness (QED) is 0.785. The highest BCUT2D eigenvalue weighted by Gasteiger charge is 2.35. The van der Waals surface area contributed by atoms with Crippen LogP contribution in [0.15, 0.2) is 0 Å². The maximum atomic E-state index is 12.0. The van der Waals surface area contributed by atoms with Crippen molar-refractivity contribution in [3.8, 4) is 0 Å². The molecular weight excluding hydrogens is 238 g/mol. The fourth-order valence-electron chi connectivity index (χ4n) is 2.61. The van der Waals surface area contributed by atoms with E-state index < -0.39 is 5.38 Å². The lowest BCUT2D eigenvalue weighted by atomic mass is 9.89. The lowest BCUT2D eigenvalue weighted by Crippen LogP contribution is -2.48. The van der Waals surface area contributed by atoms with E-state index in [0.29, 0.717) is 25.9 Å². The molecule has 4 heteroatoms. The third kappa shape index (κ3) is 3.35. The third-order valence-electron chi connectivity index (χ3n) is 3.96. The van der Waals surface area contributed by atoms with Crippen LogP contribution in [0.25, 0.3) is 0 Å². The van der Waals surface area contributed by atoms with E-state index in [1.54, 1.807) is 0 Å². The molecule has 0 bridgehead atoms. The Labute approximate surface area is 108 Å². The van der Waals surface area contributed by atoms with Crippen molar-refractivity contribution in [3.05, 3.63) is 0 Å². The van der Waals surface area contributed by atoms with E-state index in [0.717, 1.165) is 12.3 Å². The lowest BCUT2D eigenvalue weighted by Gasteiger charge is -2.37.